The molecular weight excluding hydrogens is 347 g/mol. The number of hydrogen-bond acceptors (Lipinski definition) is 5. The molecule has 4 heterocycles. The van der Waals surface area contributed by atoms with Crippen LogP contribution in [0.15, 0.2) is 18.5 Å². The summed E-state index contributed by atoms with van der Waals surface area (Å²) in [6, 6.07) is 0.846. The van der Waals surface area contributed by atoms with Crippen LogP contribution < -0.4 is 4.90 Å². The number of hydrogen-bond donors (Lipinski definition) is 0. The zero-order valence-corrected chi connectivity index (χ0v) is 13.1. The van der Waals surface area contributed by atoms with Crippen LogP contribution in [0.3, 0.4) is 0 Å². The van der Waals surface area contributed by atoms with E-state index < -0.39 is 11.7 Å². The van der Waals surface area contributed by atoms with Gasteiger partial charge in [-0.15, -0.1) is 5.10 Å². The first-order valence-electron chi connectivity index (χ1n) is 7.42. The zero-order chi connectivity index (χ0) is 16.9. The number of rotatable bonds is 1. The lowest BCUT2D eigenvalue weighted by molar-refractivity contribution is -0.137. The number of aromatic nitrogens is 4. The van der Waals surface area contributed by atoms with Gasteiger partial charge in [-0.2, -0.15) is 13.2 Å². The fourth-order valence-electron chi connectivity index (χ4n) is 3.19. The lowest BCUT2D eigenvalue weighted by atomic mass is 10.0. The van der Waals surface area contributed by atoms with Crippen molar-refractivity contribution in [1.29, 1.82) is 0 Å². The molecule has 1 saturated heterocycles. The van der Waals surface area contributed by atoms with Gasteiger partial charge in [0.2, 0.25) is 0 Å². The van der Waals surface area contributed by atoms with Gasteiger partial charge in [0, 0.05) is 19.3 Å². The van der Waals surface area contributed by atoms with Crippen molar-refractivity contribution in [2.24, 2.45) is 0 Å². The molecule has 2 aromatic rings. The molecular formula is C14H13ClF3N5O. The number of ether oxygens (including phenoxy) is 1. The lowest BCUT2D eigenvalue weighted by Gasteiger charge is -2.41. The van der Waals surface area contributed by atoms with Crippen LogP contribution in [0, 0.1) is 0 Å². The van der Waals surface area contributed by atoms with Gasteiger partial charge in [0.1, 0.15) is 5.82 Å². The van der Waals surface area contributed by atoms with Crippen molar-refractivity contribution < 1.29 is 17.9 Å². The van der Waals surface area contributed by atoms with Crippen molar-refractivity contribution in [1.82, 2.24) is 20.0 Å². The summed E-state index contributed by atoms with van der Waals surface area (Å²) in [4.78, 5) is 5.80. The first kappa shape index (κ1) is 15.6. The largest absolute Gasteiger partial charge is 0.417 e. The van der Waals surface area contributed by atoms with E-state index in [-0.39, 0.29) is 17.2 Å². The molecule has 2 aliphatic rings. The summed E-state index contributed by atoms with van der Waals surface area (Å²) in [5.74, 6) is 0.343. The summed E-state index contributed by atoms with van der Waals surface area (Å²) in [5.41, 5.74) is 0.0234. The third-order valence-corrected chi connectivity index (χ3v) is 4.66. The van der Waals surface area contributed by atoms with E-state index in [1.807, 2.05) is 9.58 Å². The number of nitrogens with zero attached hydrogens (tertiary/aromatic N) is 5. The second-order valence-electron chi connectivity index (χ2n) is 5.85. The smallest absolute Gasteiger partial charge is 0.370 e. The highest BCUT2D eigenvalue weighted by Crippen LogP contribution is 2.36. The van der Waals surface area contributed by atoms with E-state index in [0.29, 0.717) is 31.9 Å². The first-order chi connectivity index (χ1) is 11.4. The molecule has 0 saturated carbocycles. The molecule has 6 nitrogen and oxygen atoms in total. The molecule has 0 aliphatic carbocycles. The quantitative estimate of drug-likeness (QED) is 0.783. The normalized spacial score (nSPS) is 23.8. The SMILES string of the molecule is FC(F)(F)c1cnc(N2CC[C@H]3OCc4cnnn4[C@@H]3C2)c(Cl)c1. The Labute approximate surface area is 140 Å². The van der Waals surface area contributed by atoms with Gasteiger partial charge in [-0.05, 0) is 12.5 Å². The highest BCUT2D eigenvalue weighted by molar-refractivity contribution is 6.33. The Kier molecular flexibility index (Phi) is 3.65. The van der Waals surface area contributed by atoms with E-state index in [2.05, 4.69) is 15.3 Å². The molecule has 128 valence electrons. The van der Waals surface area contributed by atoms with Crippen LogP contribution in [0.25, 0.3) is 0 Å². The van der Waals surface area contributed by atoms with Crippen molar-refractivity contribution in [2.45, 2.75) is 31.3 Å². The molecule has 0 spiro atoms. The van der Waals surface area contributed by atoms with Crippen LogP contribution in [0.2, 0.25) is 5.02 Å². The fourth-order valence-corrected chi connectivity index (χ4v) is 3.48. The molecule has 24 heavy (non-hydrogen) atoms. The Morgan fingerprint density at radius 3 is 2.88 bits per heavy atom. The van der Waals surface area contributed by atoms with E-state index in [1.165, 1.54) is 0 Å². The molecule has 0 aromatic carbocycles. The molecule has 0 amide bonds. The van der Waals surface area contributed by atoms with Crippen molar-refractivity contribution in [2.75, 3.05) is 18.0 Å². The average molecular weight is 360 g/mol. The summed E-state index contributed by atoms with van der Waals surface area (Å²) < 4.78 is 45.9. The Hall–Kier alpha value is -1.87. The molecule has 1 fully saturated rings. The topological polar surface area (TPSA) is 56.1 Å². The zero-order valence-electron chi connectivity index (χ0n) is 12.4. The number of halogens is 4. The summed E-state index contributed by atoms with van der Waals surface area (Å²) in [5, 5.41) is 7.98. The van der Waals surface area contributed by atoms with Crippen molar-refractivity contribution in [3.05, 3.63) is 34.7 Å². The third kappa shape index (κ3) is 2.61. The maximum Gasteiger partial charge on any atom is 0.417 e. The summed E-state index contributed by atoms with van der Waals surface area (Å²) in [7, 11) is 0. The van der Waals surface area contributed by atoms with Gasteiger partial charge in [0.25, 0.3) is 0 Å². The van der Waals surface area contributed by atoms with Crippen molar-refractivity contribution in [3.8, 4) is 0 Å². The number of alkyl halides is 3. The van der Waals surface area contributed by atoms with Gasteiger partial charge in [-0.3, -0.25) is 0 Å². The van der Waals surface area contributed by atoms with E-state index in [0.717, 1.165) is 18.0 Å². The van der Waals surface area contributed by atoms with E-state index >= 15 is 0 Å². The van der Waals surface area contributed by atoms with Gasteiger partial charge in [-0.1, -0.05) is 16.8 Å². The number of anilines is 1. The number of piperidine rings is 1. The minimum atomic E-state index is -4.46. The molecule has 0 unspecified atom stereocenters. The van der Waals surface area contributed by atoms with E-state index in [4.69, 9.17) is 16.3 Å². The Balaban J connectivity index is 1.61. The maximum atomic E-state index is 12.7. The molecule has 0 radical (unpaired) electrons. The molecule has 2 aliphatic heterocycles. The van der Waals surface area contributed by atoms with Gasteiger partial charge in [0.15, 0.2) is 0 Å². The molecule has 2 aromatic heterocycles. The summed E-state index contributed by atoms with van der Waals surface area (Å²) >= 11 is 6.05. The monoisotopic (exact) mass is 359 g/mol. The maximum absolute atomic E-state index is 12.7. The van der Waals surface area contributed by atoms with Crippen LogP contribution in [0.4, 0.5) is 19.0 Å². The fraction of sp³-hybridized carbons (Fsp3) is 0.500. The van der Waals surface area contributed by atoms with Gasteiger partial charge in [0.05, 0.1) is 41.2 Å². The molecule has 0 bridgehead atoms. The van der Waals surface area contributed by atoms with Gasteiger partial charge in [-0.25, -0.2) is 9.67 Å². The second kappa shape index (κ2) is 5.59. The van der Waals surface area contributed by atoms with Crippen LogP contribution in [0.1, 0.15) is 23.7 Å². The van der Waals surface area contributed by atoms with E-state index in [1.54, 1.807) is 6.20 Å². The third-order valence-electron chi connectivity index (χ3n) is 4.38. The Bertz CT molecular complexity index is 765. The molecule has 0 N–H and O–H groups in total. The highest BCUT2D eigenvalue weighted by Gasteiger charge is 2.38. The lowest BCUT2D eigenvalue weighted by Crippen LogP contribution is -2.48. The van der Waals surface area contributed by atoms with Crippen molar-refractivity contribution >= 4 is 17.4 Å². The minimum Gasteiger partial charge on any atom is -0.370 e. The van der Waals surface area contributed by atoms with Gasteiger partial charge < -0.3 is 9.64 Å². The second-order valence-corrected chi connectivity index (χ2v) is 6.26. The Morgan fingerprint density at radius 2 is 2.12 bits per heavy atom. The predicted molar refractivity (Wildman–Crippen MR) is 78.7 cm³/mol. The van der Waals surface area contributed by atoms with Crippen LogP contribution in [0.5, 0.6) is 0 Å². The van der Waals surface area contributed by atoms with E-state index in [9.17, 15) is 13.2 Å². The highest BCUT2D eigenvalue weighted by atomic mass is 35.5. The standard InChI is InChI=1S/C14H13ClF3N5O/c15-10-3-8(14(16,17)18)4-19-13(10)22-2-1-12-11(6-22)23-9(7-24-12)5-20-21-23/h3-5,11-12H,1-2,6-7H2/t11-,12-/m1/s1. The van der Waals surface area contributed by atoms with Gasteiger partial charge >= 0.3 is 6.18 Å². The average Bonchev–Trinajstić information content (AvgIpc) is 3.02. The Morgan fingerprint density at radius 1 is 1.29 bits per heavy atom. The molecule has 2 atom stereocenters. The molecule has 10 heteroatoms. The summed E-state index contributed by atoms with van der Waals surface area (Å²) in [6.45, 7) is 1.57. The predicted octanol–water partition coefficient (Wildman–Crippen LogP) is 2.70. The van der Waals surface area contributed by atoms with Crippen molar-refractivity contribution in [3.63, 3.8) is 0 Å². The van der Waals surface area contributed by atoms with Crippen LogP contribution in [-0.4, -0.2) is 39.2 Å². The summed E-state index contributed by atoms with van der Waals surface area (Å²) in [6.07, 6.45) is -1.29. The molecule has 4 rings (SSSR count). The minimum absolute atomic E-state index is 0.00340. The van der Waals surface area contributed by atoms with Crippen LogP contribution in [-0.2, 0) is 17.5 Å². The number of pyridine rings is 1. The first-order valence-corrected chi connectivity index (χ1v) is 7.79. The van der Waals surface area contributed by atoms with Crippen LogP contribution >= 0.6 is 11.6 Å². The number of fused-ring (bicyclic) bond motifs is 3.